The average molecular weight is 228 g/mol. The van der Waals surface area contributed by atoms with Gasteiger partial charge in [0.1, 0.15) is 5.92 Å². The van der Waals surface area contributed by atoms with Crippen LogP contribution in [0.25, 0.3) is 0 Å². The van der Waals surface area contributed by atoms with Crippen LogP contribution in [0, 0.1) is 5.92 Å². The van der Waals surface area contributed by atoms with Crippen LogP contribution in [0.1, 0.15) is 5.56 Å². The summed E-state index contributed by atoms with van der Waals surface area (Å²) in [6, 6.07) is 9.70. The van der Waals surface area contributed by atoms with Gasteiger partial charge >= 0.3 is 0 Å². The molecule has 1 aromatic carbocycles. The van der Waals surface area contributed by atoms with E-state index in [9.17, 15) is 9.59 Å². The Bertz CT molecular complexity index is 503. The molecule has 4 heteroatoms. The summed E-state index contributed by atoms with van der Waals surface area (Å²) in [4.78, 5) is 26.6. The van der Waals surface area contributed by atoms with Crippen LogP contribution >= 0.6 is 0 Å². The molecule has 0 spiro atoms. The molecule has 1 atom stereocenters. The van der Waals surface area contributed by atoms with Crippen molar-refractivity contribution >= 4 is 17.9 Å². The Morgan fingerprint density at radius 2 is 2.00 bits per heavy atom. The van der Waals surface area contributed by atoms with E-state index in [1.807, 2.05) is 30.3 Å². The molecule has 1 aromatic rings. The van der Waals surface area contributed by atoms with E-state index in [0.29, 0.717) is 12.1 Å². The molecule has 1 unspecified atom stereocenters. The van der Waals surface area contributed by atoms with Gasteiger partial charge in [0.2, 0.25) is 5.91 Å². The Kier molecular flexibility index (Phi) is 3.14. The Labute approximate surface area is 98.8 Å². The van der Waals surface area contributed by atoms with Crippen molar-refractivity contribution in [3.8, 4) is 0 Å². The van der Waals surface area contributed by atoms with Crippen LogP contribution < -0.4 is 5.73 Å². The summed E-state index contributed by atoms with van der Waals surface area (Å²) in [5.74, 6) is -1.86. The minimum atomic E-state index is -0.908. The second-order valence-electron chi connectivity index (χ2n) is 3.86. The van der Waals surface area contributed by atoms with Crippen molar-refractivity contribution in [3.05, 3.63) is 47.7 Å². The molecule has 0 bridgehead atoms. The fourth-order valence-electron chi connectivity index (χ4n) is 1.65. The number of amides is 1. The van der Waals surface area contributed by atoms with Crippen molar-refractivity contribution < 1.29 is 9.59 Å². The minimum Gasteiger partial charge on any atom is -0.369 e. The third-order valence-electron chi connectivity index (χ3n) is 2.54. The lowest BCUT2D eigenvalue weighted by Crippen LogP contribution is -2.32. The van der Waals surface area contributed by atoms with Gasteiger partial charge in [0, 0.05) is 24.4 Å². The second kappa shape index (κ2) is 4.74. The van der Waals surface area contributed by atoms with Gasteiger partial charge in [0.25, 0.3) is 0 Å². The number of ketones is 1. The van der Waals surface area contributed by atoms with Gasteiger partial charge < -0.3 is 5.73 Å². The highest BCUT2D eigenvalue weighted by Crippen LogP contribution is 2.14. The van der Waals surface area contributed by atoms with E-state index in [2.05, 4.69) is 4.99 Å². The van der Waals surface area contributed by atoms with Crippen molar-refractivity contribution in [2.24, 2.45) is 16.6 Å². The summed E-state index contributed by atoms with van der Waals surface area (Å²) in [5.41, 5.74) is 6.80. The summed E-state index contributed by atoms with van der Waals surface area (Å²) < 4.78 is 0. The number of aliphatic imine (C=N–C) groups is 1. The van der Waals surface area contributed by atoms with Crippen molar-refractivity contribution in [3.63, 3.8) is 0 Å². The van der Waals surface area contributed by atoms with Gasteiger partial charge in [-0.2, -0.15) is 0 Å². The standard InChI is InChI=1S/C13H12N2O2/c14-13(17)11-8-15-10(7-12(11)16)6-9-4-2-1-3-5-9/h1-5,7-8,11H,6H2,(H2,14,17). The normalized spacial score (nSPS) is 18.9. The predicted octanol–water partition coefficient (Wildman–Crippen LogP) is 0.868. The molecule has 0 fully saturated rings. The first-order valence-electron chi connectivity index (χ1n) is 5.28. The Morgan fingerprint density at radius 3 is 2.59 bits per heavy atom. The van der Waals surface area contributed by atoms with E-state index in [4.69, 9.17) is 5.73 Å². The Balaban J connectivity index is 2.11. The lowest BCUT2D eigenvalue weighted by atomic mass is 9.99. The van der Waals surface area contributed by atoms with Gasteiger partial charge in [-0.1, -0.05) is 30.3 Å². The van der Waals surface area contributed by atoms with E-state index in [-0.39, 0.29) is 5.78 Å². The molecular formula is C13H12N2O2. The Hall–Kier alpha value is -2.23. The third kappa shape index (κ3) is 2.66. The molecule has 0 aromatic heterocycles. The summed E-state index contributed by atoms with van der Waals surface area (Å²) >= 11 is 0. The lowest BCUT2D eigenvalue weighted by Gasteiger charge is -2.11. The fourth-order valence-corrected chi connectivity index (χ4v) is 1.65. The van der Waals surface area contributed by atoms with E-state index >= 15 is 0 Å². The van der Waals surface area contributed by atoms with Gasteiger partial charge in [-0.3, -0.25) is 14.6 Å². The molecule has 4 nitrogen and oxygen atoms in total. The highest BCUT2D eigenvalue weighted by Gasteiger charge is 2.23. The van der Waals surface area contributed by atoms with Gasteiger partial charge in [0.15, 0.2) is 5.78 Å². The van der Waals surface area contributed by atoms with Crippen molar-refractivity contribution in [2.75, 3.05) is 0 Å². The van der Waals surface area contributed by atoms with Crippen LogP contribution in [0.15, 0.2) is 47.1 Å². The van der Waals surface area contributed by atoms with E-state index in [1.54, 1.807) is 0 Å². The molecule has 2 N–H and O–H groups in total. The predicted molar refractivity (Wildman–Crippen MR) is 64.4 cm³/mol. The lowest BCUT2D eigenvalue weighted by molar-refractivity contribution is -0.126. The van der Waals surface area contributed by atoms with Crippen LogP contribution in [0.2, 0.25) is 0 Å². The number of hydrogen-bond donors (Lipinski definition) is 1. The smallest absolute Gasteiger partial charge is 0.233 e. The van der Waals surface area contributed by atoms with Crippen LogP contribution in [-0.4, -0.2) is 17.9 Å². The highest BCUT2D eigenvalue weighted by molar-refractivity contribution is 6.18. The molecule has 1 heterocycles. The first-order valence-corrected chi connectivity index (χ1v) is 5.28. The number of benzene rings is 1. The van der Waals surface area contributed by atoms with Crippen molar-refractivity contribution in [1.29, 1.82) is 0 Å². The minimum absolute atomic E-state index is 0.293. The number of carbonyl (C=O) groups excluding carboxylic acids is 2. The molecule has 2 rings (SSSR count). The molecule has 0 aliphatic carbocycles. The molecule has 17 heavy (non-hydrogen) atoms. The zero-order valence-electron chi connectivity index (χ0n) is 9.17. The molecule has 0 saturated carbocycles. The molecular weight excluding hydrogens is 216 g/mol. The number of carbonyl (C=O) groups is 2. The highest BCUT2D eigenvalue weighted by atomic mass is 16.2. The second-order valence-corrected chi connectivity index (χ2v) is 3.86. The SMILES string of the molecule is NC(=O)C1C=NC(Cc2ccccc2)=CC1=O. The molecule has 1 aliphatic rings. The van der Waals surface area contributed by atoms with Crippen LogP contribution in [-0.2, 0) is 16.0 Å². The van der Waals surface area contributed by atoms with Gasteiger partial charge in [-0.25, -0.2) is 0 Å². The van der Waals surface area contributed by atoms with Crippen LogP contribution in [0.3, 0.4) is 0 Å². The van der Waals surface area contributed by atoms with Crippen LogP contribution in [0.4, 0.5) is 0 Å². The summed E-state index contributed by atoms with van der Waals surface area (Å²) in [6.45, 7) is 0. The van der Waals surface area contributed by atoms with Gasteiger partial charge in [-0.15, -0.1) is 0 Å². The summed E-state index contributed by atoms with van der Waals surface area (Å²) in [5, 5.41) is 0. The first kappa shape index (κ1) is 11.3. The largest absolute Gasteiger partial charge is 0.369 e. The number of rotatable bonds is 3. The fraction of sp³-hybridized carbons (Fsp3) is 0.154. The third-order valence-corrected chi connectivity index (χ3v) is 2.54. The summed E-state index contributed by atoms with van der Waals surface area (Å²) in [7, 11) is 0. The van der Waals surface area contributed by atoms with E-state index in [0.717, 1.165) is 5.56 Å². The number of nitrogens with two attached hydrogens (primary N) is 1. The van der Waals surface area contributed by atoms with Crippen LogP contribution in [0.5, 0.6) is 0 Å². The zero-order valence-corrected chi connectivity index (χ0v) is 9.17. The number of primary amides is 1. The van der Waals surface area contributed by atoms with Gasteiger partial charge in [0.05, 0.1) is 0 Å². The van der Waals surface area contributed by atoms with Crippen molar-refractivity contribution in [2.45, 2.75) is 6.42 Å². The Morgan fingerprint density at radius 1 is 1.29 bits per heavy atom. The maximum absolute atomic E-state index is 11.6. The van der Waals surface area contributed by atoms with E-state index in [1.165, 1.54) is 12.3 Å². The maximum atomic E-state index is 11.6. The summed E-state index contributed by atoms with van der Waals surface area (Å²) in [6.07, 6.45) is 3.29. The number of hydrogen-bond acceptors (Lipinski definition) is 3. The molecule has 1 aliphatic heterocycles. The average Bonchev–Trinajstić information content (AvgIpc) is 2.30. The zero-order chi connectivity index (χ0) is 12.3. The topological polar surface area (TPSA) is 72.5 Å². The maximum Gasteiger partial charge on any atom is 0.233 e. The van der Waals surface area contributed by atoms with Gasteiger partial charge in [-0.05, 0) is 5.56 Å². The quantitative estimate of drug-likeness (QED) is 0.779. The number of allylic oxidation sites excluding steroid dienone is 2. The van der Waals surface area contributed by atoms with Crippen molar-refractivity contribution in [1.82, 2.24) is 0 Å². The molecule has 0 saturated heterocycles. The molecule has 86 valence electrons. The monoisotopic (exact) mass is 228 g/mol. The number of nitrogens with zero attached hydrogens (tertiary/aromatic N) is 1. The first-order chi connectivity index (χ1) is 8.16. The molecule has 1 amide bonds. The van der Waals surface area contributed by atoms with E-state index < -0.39 is 11.8 Å². The molecule has 0 radical (unpaired) electrons.